The van der Waals surface area contributed by atoms with Crippen molar-refractivity contribution in [1.29, 1.82) is 0 Å². The summed E-state index contributed by atoms with van der Waals surface area (Å²) in [6.45, 7) is 0.401. The lowest BCUT2D eigenvalue weighted by Crippen LogP contribution is -2.45. The van der Waals surface area contributed by atoms with Crippen molar-refractivity contribution in [3.63, 3.8) is 0 Å². The van der Waals surface area contributed by atoms with Gasteiger partial charge in [0, 0.05) is 30.1 Å². The summed E-state index contributed by atoms with van der Waals surface area (Å²) in [5.41, 5.74) is 5.73. The molecule has 0 saturated carbocycles. The van der Waals surface area contributed by atoms with Gasteiger partial charge in [0.25, 0.3) is 10.0 Å². The van der Waals surface area contributed by atoms with E-state index >= 15 is 0 Å². The highest BCUT2D eigenvalue weighted by molar-refractivity contribution is 7.90. The van der Waals surface area contributed by atoms with E-state index in [9.17, 15) is 8.42 Å². The molecule has 34 heavy (non-hydrogen) atoms. The molecule has 0 fully saturated rings. The van der Waals surface area contributed by atoms with Gasteiger partial charge >= 0.3 is 0 Å². The van der Waals surface area contributed by atoms with Crippen molar-refractivity contribution >= 4 is 44.9 Å². The zero-order valence-electron chi connectivity index (χ0n) is 18.6. The van der Waals surface area contributed by atoms with Crippen LogP contribution in [0.1, 0.15) is 17.0 Å². The van der Waals surface area contributed by atoms with Crippen molar-refractivity contribution in [2.45, 2.75) is 10.8 Å². The molecule has 0 spiro atoms. The molecule has 4 rings (SSSR count). The minimum atomic E-state index is -4.02. The van der Waals surface area contributed by atoms with Crippen LogP contribution in [0.2, 0.25) is 10.0 Å². The van der Waals surface area contributed by atoms with Gasteiger partial charge < -0.3 is 0 Å². The second-order valence-electron chi connectivity index (χ2n) is 7.89. The molecule has 0 radical (unpaired) electrons. The summed E-state index contributed by atoms with van der Waals surface area (Å²) in [4.78, 5) is 0.0377. The van der Waals surface area contributed by atoms with E-state index in [1.165, 1.54) is 24.3 Å². The molecule has 1 atom stereocenters. The van der Waals surface area contributed by atoms with Crippen LogP contribution in [0.5, 0.6) is 0 Å². The van der Waals surface area contributed by atoms with Crippen molar-refractivity contribution in [1.82, 2.24) is 15.4 Å². The lowest BCUT2D eigenvalue weighted by atomic mass is 9.91. The molecule has 0 saturated heterocycles. The fourth-order valence-electron chi connectivity index (χ4n) is 3.56. The summed E-state index contributed by atoms with van der Waals surface area (Å²) in [5.74, 6) is -0.0142. The second kappa shape index (κ2) is 10.1. The fraction of sp³-hybridized carbons (Fsp3) is 0.167. The molecular formula is C24H23Cl2N5O2S. The Morgan fingerprint density at radius 3 is 2.15 bits per heavy atom. The molecule has 176 valence electrons. The first-order chi connectivity index (χ1) is 16.2. The summed E-state index contributed by atoms with van der Waals surface area (Å²) in [6.07, 6.45) is 0. The van der Waals surface area contributed by atoms with Gasteiger partial charge in [-0.15, -0.1) is 4.40 Å². The number of hydrazone groups is 1. The van der Waals surface area contributed by atoms with Gasteiger partial charge in [0.1, 0.15) is 0 Å². The molecule has 0 amide bonds. The number of nitrogens with zero attached hydrogens (tertiary/aromatic N) is 4. The number of hydrogen-bond donors (Lipinski definition) is 1. The number of rotatable bonds is 5. The van der Waals surface area contributed by atoms with Crippen molar-refractivity contribution in [2.75, 3.05) is 20.6 Å². The molecule has 3 aromatic carbocycles. The van der Waals surface area contributed by atoms with Crippen LogP contribution in [-0.2, 0) is 10.0 Å². The minimum absolute atomic E-state index is 0.0377. The van der Waals surface area contributed by atoms with Gasteiger partial charge in [-0.2, -0.15) is 13.5 Å². The third-order valence-corrected chi connectivity index (χ3v) is 6.93. The molecular weight excluding hydrogens is 493 g/mol. The number of hydrazine groups is 1. The molecule has 0 bridgehead atoms. The monoisotopic (exact) mass is 515 g/mol. The molecule has 3 aromatic rings. The Bertz CT molecular complexity index is 1310. The van der Waals surface area contributed by atoms with Crippen LogP contribution in [0.15, 0.2) is 93.3 Å². The summed E-state index contributed by atoms with van der Waals surface area (Å²) in [6, 6.07) is 23.2. The maximum Gasteiger partial charge on any atom is 0.285 e. The third-order valence-electron chi connectivity index (χ3n) is 5.14. The first-order valence-electron chi connectivity index (χ1n) is 10.4. The Hall–Kier alpha value is -2.91. The predicted molar refractivity (Wildman–Crippen MR) is 137 cm³/mol. The maximum absolute atomic E-state index is 13.1. The highest BCUT2D eigenvalue weighted by Crippen LogP contribution is 2.30. The van der Waals surface area contributed by atoms with E-state index in [2.05, 4.69) is 9.82 Å². The summed E-state index contributed by atoms with van der Waals surface area (Å²) >= 11 is 12.0. The molecule has 1 aliphatic rings. The molecule has 1 N–H and O–H groups in total. The first-order valence-corrected chi connectivity index (χ1v) is 12.6. The standard InChI is InChI=1S/C24H23Cl2N5O2S/c1-30(2)28-24(29-34(32,33)21-14-12-20(26)13-15-21)31-16-22(17-6-4-3-5-7-17)23(27-31)18-8-10-19(25)11-9-18/h3-15,22H,16H2,1-2H3,(H,28,29). The van der Waals surface area contributed by atoms with E-state index in [1.54, 1.807) is 24.1 Å². The zero-order chi connectivity index (χ0) is 24.3. The minimum Gasteiger partial charge on any atom is -0.287 e. The summed E-state index contributed by atoms with van der Waals surface area (Å²) < 4.78 is 30.2. The third kappa shape index (κ3) is 5.59. The van der Waals surface area contributed by atoms with Crippen LogP contribution < -0.4 is 5.43 Å². The van der Waals surface area contributed by atoms with Gasteiger partial charge in [-0.3, -0.25) is 5.43 Å². The van der Waals surface area contributed by atoms with Crippen molar-refractivity contribution < 1.29 is 8.42 Å². The van der Waals surface area contributed by atoms with Crippen LogP contribution in [-0.4, -0.2) is 50.7 Å². The Labute approximate surface area is 209 Å². The van der Waals surface area contributed by atoms with Gasteiger partial charge in [-0.05, 0) is 47.5 Å². The molecule has 0 aromatic heterocycles. The topological polar surface area (TPSA) is 77.4 Å². The van der Waals surface area contributed by atoms with E-state index in [0.717, 1.165) is 16.8 Å². The predicted octanol–water partition coefficient (Wildman–Crippen LogP) is 4.61. The normalized spacial score (nSPS) is 16.6. The van der Waals surface area contributed by atoms with E-state index in [4.69, 9.17) is 28.3 Å². The average molecular weight is 516 g/mol. The fourth-order valence-corrected chi connectivity index (χ4v) is 4.76. The largest absolute Gasteiger partial charge is 0.287 e. The van der Waals surface area contributed by atoms with Gasteiger partial charge in [0.2, 0.25) is 5.96 Å². The number of hydrogen-bond acceptors (Lipinski definition) is 4. The Balaban J connectivity index is 1.77. The van der Waals surface area contributed by atoms with Crippen LogP contribution in [0.4, 0.5) is 0 Å². The van der Waals surface area contributed by atoms with E-state index in [1.807, 2.05) is 54.6 Å². The Kier molecular flexibility index (Phi) is 7.23. The quantitative estimate of drug-likeness (QED) is 0.305. The highest BCUT2D eigenvalue weighted by Gasteiger charge is 2.32. The number of halogens is 2. The molecule has 1 unspecified atom stereocenters. The van der Waals surface area contributed by atoms with E-state index < -0.39 is 10.0 Å². The van der Waals surface area contributed by atoms with E-state index in [-0.39, 0.29) is 16.8 Å². The van der Waals surface area contributed by atoms with E-state index in [0.29, 0.717) is 16.6 Å². The molecule has 10 heteroatoms. The number of benzene rings is 3. The van der Waals surface area contributed by atoms with Crippen LogP contribution in [0.25, 0.3) is 0 Å². The summed E-state index contributed by atoms with van der Waals surface area (Å²) in [7, 11) is -0.519. The van der Waals surface area contributed by atoms with Gasteiger partial charge in [-0.25, -0.2) is 10.0 Å². The first kappa shape index (κ1) is 24.2. The number of nitrogens with one attached hydrogen (secondary N) is 1. The van der Waals surface area contributed by atoms with Crippen LogP contribution in [0, 0.1) is 0 Å². The van der Waals surface area contributed by atoms with Crippen LogP contribution in [0.3, 0.4) is 0 Å². The molecule has 7 nitrogen and oxygen atoms in total. The number of guanidine groups is 1. The smallest absolute Gasteiger partial charge is 0.285 e. The highest BCUT2D eigenvalue weighted by atomic mass is 35.5. The maximum atomic E-state index is 13.1. The average Bonchev–Trinajstić information content (AvgIpc) is 3.25. The van der Waals surface area contributed by atoms with Crippen molar-refractivity contribution in [2.24, 2.45) is 9.50 Å². The lowest BCUT2D eigenvalue weighted by molar-refractivity contribution is 0.324. The number of sulfonamides is 1. The van der Waals surface area contributed by atoms with Crippen molar-refractivity contribution in [3.05, 3.63) is 100 Å². The summed E-state index contributed by atoms with van der Waals surface area (Å²) in [5, 5.41) is 9.05. The second-order valence-corrected chi connectivity index (χ2v) is 10.4. The Morgan fingerprint density at radius 1 is 0.971 bits per heavy atom. The molecule has 0 aliphatic carbocycles. The SMILES string of the molecule is CN(C)NC(=NS(=O)(=O)c1ccc(Cl)cc1)N1CC(c2ccccc2)C(c2ccc(Cl)cc2)=N1. The Morgan fingerprint density at radius 2 is 1.56 bits per heavy atom. The van der Waals surface area contributed by atoms with Gasteiger partial charge in [0.05, 0.1) is 17.2 Å². The molecule has 1 heterocycles. The lowest BCUT2D eigenvalue weighted by Gasteiger charge is -2.22. The van der Waals surface area contributed by atoms with Crippen LogP contribution >= 0.6 is 23.2 Å². The van der Waals surface area contributed by atoms with Crippen molar-refractivity contribution in [3.8, 4) is 0 Å². The van der Waals surface area contributed by atoms with Gasteiger partial charge in [0.15, 0.2) is 0 Å². The van der Waals surface area contributed by atoms with Gasteiger partial charge in [-0.1, -0.05) is 65.7 Å². The molecule has 1 aliphatic heterocycles. The zero-order valence-corrected chi connectivity index (χ0v) is 20.9.